The van der Waals surface area contributed by atoms with Gasteiger partial charge in [0, 0.05) is 6.42 Å². The Morgan fingerprint density at radius 2 is 1.31 bits per heavy atom. The van der Waals surface area contributed by atoms with Gasteiger partial charge in [-0.2, -0.15) is 0 Å². The molecule has 0 aliphatic rings. The molecule has 1 atom stereocenters. The van der Waals surface area contributed by atoms with Crippen LogP contribution in [0.2, 0.25) is 0 Å². The molecule has 1 N–H and O–H groups in total. The number of benzene rings is 3. The van der Waals surface area contributed by atoms with Gasteiger partial charge in [-0.1, -0.05) is 78.9 Å². The van der Waals surface area contributed by atoms with Crippen LogP contribution in [-0.4, -0.2) is 19.9 Å². The van der Waals surface area contributed by atoms with E-state index in [1.165, 1.54) is 12.1 Å². The number of amides is 1. The predicted octanol–water partition coefficient (Wildman–Crippen LogP) is 3.71. The van der Waals surface area contributed by atoms with E-state index in [9.17, 15) is 13.2 Å². The fourth-order valence-electron chi connectivity index (χ4n) is 2.89. The molecule has 3 aromatic rings. The molecule has 0 heterocycles. The van der Waals surface area contributed by atoms with E-state index in [-0.39, 0.29) is 17.9 Å². The molecule has 5 nitrogen and oxygen atoms in total. The molecule has 3 aromatic carbocycles. The van der Waals surface area contributed by atoms with Gasteiger partial charge in [0.2, 0.25) is 0 Å². The maximum atomic E-state index is 13.1. The van der Waals surface area contributed by atoms with Crippen LogP contribution >= 0.6 is 0 Å². The highest BCUT2D eigenvalue weighted by Gasteiger charge is 2.37. The average Bonchev–Trinajstić information content (AvgIpc) is 2.74. The summed E-state index contributed by atoms with van der Waals surface area (Å²) in [6, 6.07) is 26.6. The van der Waals surface area contributed by atoms with Crippen molar-refractivity contribution >= 4 is 15.9 Å². The quantitative estimate of drug-likeness (QED) is 0.616. The molecule has 1 unspecified atom stereocenters. The summed E-state index contributed by atoms with van der Waals surface area (Å²) in [5.74, 6) is -0.707. The van der Waals surface area contributed by atoms with E-state index in [1.54, 1.807) is 25.1 Å². The lowest BCUT2D eigenvalue weighted by Gasteiger charge is -2.29. The highest BCUT2D eigenvalue weighted by atomic mass is 32.2. The molecular formula is C23H23NO4S. The van der Waals surface area contributed by atoms with Gasteiger partial charge in [0.15, 0.2) is 0 Å². The third-order valence-electron chi connectivity index (χ3n) is 4.55. The first-order valence-corrected chi connectivity index (χ1v) is 10.7. The van der Waals surface area contributed by atoms with E-state index in [1.807, 2.05) is 60.7 Å². The van der Waals surface area contributed by atoms with E-state index in [4.69, 9.17) is 4.74 Å². The summed E-state index contributed by atoms with van der Waals surface area (Å²) in [5, 5.41) is 0. The van der Waals surface area contributed by atoms with Gasteiger partial charge in [0.1, 0.15) is 5.60 Å². The van der Waals surface area contributed by atoms with E-state index >= 15 is 0 Å². The second-order valence-corrected chi connectivity index (χ2v) is 8.60. The van der Waals surface area contributed by atoms with Gasteiger partial charge in [-0.3, -0.25) is 4.79 Å². The molecule has 0 aromatic heterocycles. The number of hydrogen-bond acceptors (Lipinski definition) is 4. The molecule has 0 spiro atoms. The Morgan fingerprint density at radius 1 is 0.828 bits per heavy atom. The van der Waals surface area contributed by atoms with Crippen LogP contribution in [0.4, 0.5) is 0 Å². The van der Waals surface area contributed by atoms with Crippen molar-refractivity contribution in [2.45, 2.75) is 30.4 Å². The zero-order chi connectivity index (χ0) is 20.7. The van der Waals surface area contributed by atoms with Gasteiger partial charge in [-0.15, -0.1) is 0 Å². The van der Waals surface area contributed by atoms with Gasteiger partial charge >= 0.3 is 0 Å². The normalized spacial score (nSPS) is 13.4. The van der Waals surface area contributed by atoms with Gasteiger partial charge in [0.25, 0.3) is 15.9 Å². The van der Waals surface area contributed by atoms with Crippen LogP contribution in [0.5, 0.6) is 0 Å². The minimum absolute atomic E-state index is 0.0264. The molecule has 29 heavy (non-hydrogen) atoms. The number of carbonyl (C=O) groups is 1. The molecule has 0 saturated heterocycles. The smallest absolute Gasteiger partial charge is 0.266 e. The number of carbonyl (C=O) groups excluding carboxylic acids is 1. The first-order valence-electron chi connectivity index (χ1n) is 9.23. The van der Waals surface area contributed by atoms with E-state index in [0.717, 1.165) is 11.1 Å². The van der Waals surface area contributed by atoms with Crippen molar-refractivity contribution in [1.29, 1.82) is 0 Å². The van der Waals surface area contributed by atoms with Gasteiger partial charge in [-0.05, 0) is 30.2 Å². The lowest BCUT2D eigenvalue weighted by Crippen LogP contribution is -2.50. The standard InChI is InChI=1S/C23H23NO4S/c1-23(17-19-11-5-2-6-12-19,28-18-20-13-7-3-8-14-20)22(25)24-29(26,27)21-15-9-4-10-16-21/h2-16H,17-18H2,1H3,(H,24,25). The lowest BCUT2D eigenvalue weighted by atomic mass is 9.95. The Labute approximate surface area is 171 Å². The van der Waals surface area contributed by atoms with Gasteiger partial charge in [0.05, 0.1) is 11.5 Å². The Morgan fingerprint density at radius 3 is 1.86 bits per heavy atom. The summed E-state index contributed by atoms with van der Waals surface area (Å²) in [6.07, 6.45) is 0.233. The largest absolute Gasteiger partial charge is 0.360 e. The second kappa shape index (κ2) is 9.03. The molecule has 0 aliphatic heterocycles. The minimum Gasteiger partial charge on any atom is -0.360 e. The summed E-state index contributed by atoms with van der Waals surface area (Å²) in [4.78, 5) is 13.1. The van der Waals surface area contributed by atoms with Crippen molar-refractivity contribution < 1.29 is 17.9 Å². The first kappa shape index (κ1) is 20.8. The van der Waals surface area contributed by atoms with Crippen LogP contribution in [0.1, 0.15) is 18.1 Å². The van der Waals surface area contributed by atoms with Crippen LogP contribution in [0.3, 0.4) is 0 Å². The maximum absolute atomic E-state index is 13.1. The molecule has 0 radical (unpaired) electrons. The maximum Gasteiger partial charge on any atom is 0.266 e. The Balaban J connectivity index is 1.84. The van der Waals surface area contributed by atoms with Crippen LogP contribution in [-0.2, 0) is 32.6 Å². The molecule has 6 heteroatoms. The number of hydrogen-bond donors (Lipinski definition) is 1. The van der Waals surface area contributed by atoms with E-state index in [2.05, 4.69) is 4.72 Å². The monoisotopic (exact) mass is 409 g/mol. The molecule has 1 amide bonds. The number of sulfonamides is 1. The van der Waals surface area contributed by atoms with Gasteiger partial charge in [-0.25, -0.2) is 13.1 Å². The van der Waals surface area contributed by atoms with E-state index in [0.29, 0.717) is 0 Å². The van der Waals surface area contributed by atoms with Crippen molar-refractivity contribution in [2.75, 3.05) is 0 Å². The minimum atomic E-state index is -4.00. The molecule has 0 fully saturated rings. The number of ether oxygens (including phenoxy) is 1. The zero-order valence-corrected chi connectivity index (χ0v) is 16.9. The van der Waals surface area contributed by atoms with Crippen LogP contribution < -0.4 is 4.72 Å². The fraction of sp³-hybridized carbons (Fsp3) is 0.174. The molecular weight excluding hydrogens is 386 g/mol. The average molecular weight is 410 g/mol. The Hall–Kier alpha value is -2.96. The summed E-state index contributed by atoms with van der Waals surface area (Å²) in [6.45, 7) is 1.79. The summed E-state index contributed by atoms with van der Waals surface area (Å²) >= 11 is 0. The molecule has 0 aliphatic carbocycles. The third kappa shape index (κ3) is 5.53. The molecule has 0 saturated carbocycles. The third-order valence-corrected chi connectivity index (χ3v) is 5.89. The summed E-state index contributed by atoms with van der Waals surface area (Å²) in [5.41, 5.74) is 0.389. The zero-order valence-electron chi connectivity index (χ0n) is 16.1. The lowest BCUT2D eigenvalue weighted by molar-refractivity contribution is -0.144. The molecule has 0 bridgehead atoms. The Kier molecular flexibility index (Phi) is 6.46. The van der Waals surface area contributed by atoms with E-state index < -0.39 is 21.5 Å². The van der Waals surface area contributed by atoms with Crippen LogP contribution in [0.25, 0.3) is 0 Å². The number of rotatable bonds is 8. The van der Waals surface area contributed by atoms with Gasteiger partial charge < -0.3 is 4.74 Å². The van der Waals surface area contributed by atoms with Crippen molar-refractivity contribution in [2.24, 2.45) is 0 Å². The highest BCUT2D eigenvalue weighted by Crippen LogP contribution is 2.22. The first-order chi connectivity index (χ1) is 13.9. The number of nitrogens with one attached hydrogen (secondary N) is 1. The van der Waals surface area contributed by atoms with Crippen LogP contribution in [0, 0.1) is 0 Å². The van der Waals surface area contributed by atoms with Crippen molar-refractivity contribution in [1.82, 2.24) is 4.72 Å². The summed E-state index contributed by atoms with van der Waals surface area (Å²) in [7, 11) is -4.00. The van der Waals surface area contributed by atoms with Crippen molar-refractivity contribution in [3.63, 3.8) is 0 Å². The van der Waals surface area contributed by atoms with Crippen molar-refractivity contribution in [3.05, 3.63) is 102 Å². The highest BCUT2D eigenvalue weighted by molar-refractivity contribution is 7.90. The second-order valence-electron chi connectivity index (χ2n) is 6.92. The molecule has 3 rings (SSSR count). The SMILES string of the molecule is CC(Cc1ccccc1)(OCc1ccccc1)C(=O)NS(=O)(=O)c1ccccc1. The van der Waals surface area contributed by atoms with Crippen LogP contribution in [0.15, 0.2) is 95.9 Å². The van der Waals surface area contributed by atoms with Crippen molar-refractivity contribution in [3.8, 4) is 0 Å². The Bertz CT molecular complexity index is 1040. The summed E-state index contributed by atoms with van der Waals surface area (Å²) < 4.78 is 33.4. The molecule has 150 valence electrons. The predicted molar refractivity (Wildman–Crippen MR) is 112 cm³/mol. The fourth-order valence-corrected chi connectivity index (χ4v) is 3.98. The topological polar surface area (TPSA) is 72.5 Å².